The van der Waals surface area contributed by atoms with Crippen LogP contribution in [0, 0.1) is 5.41 Å². The highest BCUT2D eigenvalue weighted by Gasteiger charge is 2.33. The zero-order chi connectivity index (χ0) is 16.2. The van der Waals surface area contributed by atoms with Crippen LogP contribution in [0.3, 0.4) is 0 Å². The van der Waals surface area contributed by atoms with E-state index in [1.807, 2.05) is 39.5 Å². The normalized spacial score (nSPS) is 16.8. The molecule has 2 N–H and O–H groups in total. The van der Waals surface area contributed by atoms with E-state index in [0.29, 0.717) is 39.3 Å². The fourth-order valence-corrected chi connectivity index (χ4v) is 2.38. The first-order chi connectivity index (χ1) is 9.72. The minimum atomic E-state index is -0.498. The number of carbonyl (C=O) groups is 2. The fourth-order valence-electron chi connectivity index (χ4n) is 2.38. The Morgan fingerprint density at radius 3 is 1.82 bits per heavy atom. The monoisotopic (exact) mass is 334 g/mol. The summed E-state index contributed by atoms with van der Waals surface area (Å²) < 4.78 is 0. The first kappa shape index (κ1) is 21.0. The summed E-state index contributed by atoms with van der Waals surface area (Å²) in [6, 6.07) is -0.435. The lowest BCUT2D eigenvalue weighted by Crippen LogP contribution is -2.58. The van der Waals surface area contributed by atoms with Gasteiger partial charge in [0.2, 0.25) is 5.91 Å². The molecule has 0 bridgehead atoms. The summed E-state index contributed by atoms with van der Waals surface area (Å²) >= 11 is 0. The Kier molecular flexibility index (Phi) is 8.18. The third-order valence-corrected chi connectivity index (χ3v) is 4.09. The molecule has 1 aliphatic heterocycles. The number of rotatable bonds is 3. The van der Waals surface area contributed by atoms with E-state index in [-0.39, 0.29) is 29.8 Å². The summed E-state index contributed by atoms with van der Waals surface area (Å²) in [7, 11) is 0. The zero-order valence-corrected chi connectivity index (χ0v) is 15.3. The summed E-state index contributed by atoms with van der Waals surface area (Å²) in [6.07, 6.45) is 0. The third-order valence-electron chi connectivity index (χ3n) is 4.09. The number of piperazine rings is 1. The van der Waals surface area contributed by atoms with Gasteiger partial charge in [0.25, 0.3) is 0 Å². The van der Waals surface area contributed by atoms with Gasteiger partial charge in [-0.3, -0.25) is 4.79 Å². The number of nitrogens with zero attached hydrogens (tertiary/aromatic N) is 3. The van der Waals surface area contributed by atoms with Crippen molar-refractivity contribution in [2.24, 2.45) is 11.1 Å². The SMILES string of the molecule is CCN(CC)C(=O)N1CCN(C(=O)[C@@H](N)C(C)(C)C)CC1.Cl. The van der Waals surface area contributed by atoms with Crippen molar-refractivity contribution in [1.29, 1.82) is 0 Å². The molecule has 0 aromatic rings. The number of carbonyl (C=O) groups excluding carboxylic acids is 2. The maximum Gasteiger partial charge on any atom is 0.320 e. The Balaban J connectivity index is 0.00000441. The van der Waals surface area contributed by atoms with Crippen LogP contribution >= 0.6 is 12.4 Å². The van der Waals surface area contributed by atoms with Gasteiger partial charge in [-0.05, 0) is 19.3 Å². The Morgan fingerprint density at radius 1 is 1.05 bits per heavy atom. The summed E-state index contributed by atoms with van der Waals surface area (Å²) in [5.41, 5.74) is 5.79. The molecule has 0 saturated carbocycles. The molecule has 130 valence electrons. The van der Waals surface area contributed by atoms with Crippen LogP contribution in [0.5, 0.6) is 0 Å². The molecule has 1 saturated heterocycles. The van der Waals surface area contributed by atoms with Crippen LogP contribution in [-0.4, -0.2) is 71.9 Å². The van der Waals surface area contributed by atoms with E-state index in [2.05, 4.69) is 0 Å². The Morgan fingerprint density at radius 2 is 1.45 bits per heavy atom. The molecule has 6 nitrogen and oxygen atoms in total. The number of hydrogen-bond donors (Lipinski definition) is 1. The first-order valence-electron chi connectivity index (χ1n) is 7.80. The molecule has 1 aliphatic rings. The van der Waals surface area contributed by atoms with Gasteiger partial charge >= 0.3 is 6.03 Å². The highest BCUT2D eigenvalue weighted by molar-refractivity contribution is 5.85. The molecule has 1 heterocycles. The zero-order valence-electron chi connectivity index (χ0n) is 14.5. The van der Waals surface area contributed by atoms with Crippen LogP contribution in [0.2, 0.25) is 0 Å². The van der Waals surface area contributed by atoms with Crippen molar-refractivity contribution >= 4 is 24.3 Å². The average Bonchev–Trinajstić information content (AvgIpc) is 2.46. The summed E-state index contributed by atoms with van der Waals surface area (Å²) in [5, 5.41) is 0. The maximum atomic E-state index is 12.4. The molecule has 1 rings (SSSR count). The second kappa shape index (κ2) is 8.58. The van der Waals surface area contributed by atoms with E-state index >= 15 is 0 Å². The van der Waals surface area contributed by atoms with Crippen molar-refractivity contribution < 1.29 is 9.59 Å². The summed E-state index contributed by atoms with van der Waals surface area (Å²) in [6.45, 7) is 13.6. The average molecular weight is 335 g/mol. The van der Waals surface area contributed by atoms with Gasteiger partial charge in [0.05, 0.1) is 6.04 Å². The van der Waals surface area contributed by atoms with E-state index in [1.165, 1.54) is 0 Å². The van der Waals surface area contributed by atoms with Crippen molar-refractivity contribution in [3.05, 3.63) is 0 Å². The molecular weight excluding hydrogens is 304 g/mol. The predicted octanol–water partition coefficient (Wildman–Crippen LogP) is 1.39. The number of halogens is 1. The van der Waals surface area contributed by atoms with E-state index in [1.54, 1.807) is 9.80 Å². The largest absolute Gasteiger partial charge is 0.338 e. The van der Waals surface area contributed by atoms with Crippen LogP contribution in [0.15, 0.2) is 0 Å². The highest BCUT2D eigenvalue weighted by atomic mass is 35.5. The van der Waals surface area contributed by atoms with Crippen molar-refractivity contribution in [2.75, 3.05) is 39.3 Å². The second-order valence-corrected chi connectivity index (χ2v) is 6.61. The summed E-state index contributed by atoms with van der Waals surface area (Å²) in [5.74, 6) is -0.0163. The standard InChI is InChI=1S/C15H30N4O2.ClH/c1-6-17(7-2)14(21)19-10-8-18(9-11-19)13(20)12(16)15(3,4)5;/h12H,6-11,16H2,1-5H3;1H/t12-;/m1./s1. The molecule has 0 aromatic heterocycles. The van der Waals surface area contributed by atoms with Crippen LogP contribution in [0.4, 0.5) is 4.79 Å². The van der Waals surface area contributed by atoms with Gasteiger partial charge in [0.15, 0.2) is 0 Å². The molecule has 0 radical (unpaired) electrons. The van der Waals surface area contributed by atoms with Crippen molar-refractivity contribution in [2.45, 2.75) is 40.7 Å². The summed E-state index contributed by atoms with van der Waals surface area (Å²) in [4.78, 5) is 30.0. The molecule has 0 unspecified atom stereocenters. The Labute approximate surface area is 140 Å². The van der Waals surface area contributed by atoms with Crippen LogP contribution in [-0.2, 0) is 4.79 Å². The second-order valence-electron chi connectivity index (χ2n) is 6.61. The van der Waals surface area contributed by atoms with Gasteiger partial charge in [-0.1, -0.05) is 20.8 Å². The van der Waals surface area contributed by atoms with E-state index < -0.39 is 6.04 Å². The predicted molar refractivity (Wildman–Crippen MR) is 91.1 cm³/mol. The minimum absolute atomic E-state index is 0. The lowest BCUT2D eigenvalue weighted by Gasteiger charge is -2.39. The van der Waals surface area contributed by atoms with Crippen molar-refractivity contribution in [3.8, 4) is 0 Å². The van der Waals surface area contributed by atoms with E-state index in [4.69, 9.17) is 5.73 Å². The van der Waals surface area contributed by atoms with Gasteiger partial charge < -0.3 is 20.4 Å². The molecule has 1 fully saturated rings. The molecule has 22 heavy (non-hydrogen) atoms. The minimum Gasteiger partial charge on any atom is -0.338 e. The molecular formula is C15H31ClN4O2. The van der Waals surface area contributed by atoms with E-state index in [0.717, 1.165) is 0 Å². The molecule has 0 aliphatic carbocycles. The molecule has 7 heteroatoms. The topological polar surface area (TPSA) is 69.9 Å². The van der Waals surface area contributed by atoms with E-state index in [9.17, 15) is 9.59 Å². The number of urea groups is 1. The lowest BCUT2D eigenvalue weighted by molar-refractivity contribution is -0.136. The Bertz CT molecular complexity index is 372. The molecule has 1 atom stereocenters. The quantitative estimate of drug-likeness (QED) is 0.847. The number of amides is 3. The van der Waals surface area contributed by atoms with Gasteiger partial charge in [-0.25, -0.2) is 4.79 Å². The number of hydrogen-bond acceptors (Lipinski definition) is 3. The van der Waals surface area contributed by atoms with Crippen LogP contribution in [0.25, 0.3) is 0 Å². The lowest BCUT2D eigenvalue weighted by atomic mass is 9.86. The first-order valence-corrected chi connectivity index (χ1v) is 7.80. The highest BCUT2D eigenvalue weighted by Crippen LogP contribution is 2.19. The van der Waals surface area contributed by atoms with Crippen molar-refractivity contribution in [3.63, 3.8) is 0 Å². The van der Waals surface area contributed by atoms with Crippen LogP contribution in [0.1, 0.15) is 34.6 Å². The third kappa shape index (κ3) is 5.02. The van der Waals surface area contributed by atoms with Gasteiger partial charge in [-0.15, -0.1) is 12.4 Å². The number of nitrogens with two attached hydrogens (primary N) is 1. The molecule has 0 aromatic carbocycles. The molecule has 3 amide bonds. The fraction of sp³-hybridized carbons (Fsp3) is 0.867. The van der Waals surface area contributed by atoms with Crippen molar-refractivity contribution in [1.82, 2.24) is 14.7 Å². The smallest absolute Gasteiger partial charge is 0.320 e. The van der Waals surface area contributed by atoms with Gasteiger partial charge in [0.1, 0.15) is 0 Å². The maximum absolute atomic E-state index is 12.4. The van der Waals surface area contributed by atoms with Gasteiger partial charge in [-0.2, -0.15) is 0 Å². The van der Waals surface area contributed by atoms with Crippen LogP contribution < -0.4 is 5.73 Å². The molecule has 0 spiro atoms. The van der Waals surface area contributed by atoms with Gasteiger partial charge in [0, 0.05) is 39.3 Å². The Hall–Kier alpha value is -1.01.